The number of methoxy groups -OCH3 is 2. The molecule has 0 radical (unpaired) electrons. The predicted molar refractivity (Wildman–Crippen MR) is 115 cm³/mol. The highest BCUT2D eigenvalue weighted by Gasteiger charge is 2.59. The molecule has 4 rings (SSSR count). The van der Waals surface area contributed by atoms with E-state index in [0.29, 0.717) is 30.1 Å². The Balaban J connectivity index is 1.69. The van der Waals surface area contributed by atoms with Gasteiger partial charge < -0.3 is 18.9 Å². The van der Waals surface area contributed by atoms with Crippen LogP contribution < -0.4 is 0 Å². The first-order valence-electron chi connectivity index (χ1n) is 11.7. The van der Waals surface area contributed by atoms with Gasteiger partial charge >= 0.3 is 12.3 Å². The van der Waals surface area contributed by atoms with Crippen LogP contribution in [0.15, 0.2) is 23.3 Å². The Morgan fingerprint density at radius 3 is 2.39 bits per heavy atom. The van der Waals surface area contributed by atoms with Crippen LogP contribution in [0.25, 0.3) is 0 Å². The Bertz CT molecular complexity index is 800. The van der Waals surface area contributed by atoms with Gasteiger partial charge in [0.25, 0.3) is 0 Å². The minimum atomic E-state index is -0.706. The smallest absolute Gasteiger partial charge is 0.438 e. The Morgan fingerprint density at radius 1 is 1.00 bits per heavy atom. The summed E-state index contributed by atoms with van der Waals surface area (Å²) in [5.41, 5.74) is 2.76. The summed E-state index contributed by atoms with van der Waals surface area (Å²) in [6.45, 7) is 7.04. The molecule has 7 atom stereocenters. The van der Waals surface area contributed by atoms with Crippen LogP contribution in [0.2, 0.25) is 0 Å². The lowest BCUT2D eigenvalue weighted by Gasteiger charge is -2.56. The van der Waals surface area contributed by atoms with Gasteiger partial charge in [-0.1, -0.05) is 50.5 Å². The van der Waals surface area contributed by atoms with Gasteiger partial charge in [0.15, 0.2) is 0 Å². The van der Waals surface area contributed by atoms with Crippen molar-refractivity contribution in [1.29, 1.82) is 0 Å². The van der Waals surface area contributed by atoms with E-state index >= 15 is 0 Å². The van der Waals surface area contributed by atoms with Gasteiger partial charge in [0.1, 0.15) is 12.2 Å². The maximum absolute atomic E-state index is 12.1. The molecule has 0 amide bonds. The average Bonchev–Trinajstić information content (AvgIpc) is 3.10. The molecule has 0 heterocycles. The fourth-order valence-corrected chi connectivity index (χ4v) is 7.39. The van der Waals surface area contributed by atoms with Crippen molar-refractivity contribution >= 4 is 12.3 Å². The Labute approximate surface area is 185 Å². The molecule has 0 saturated heterocycles. The highest BCUT2D eigenvalue weighted by atomic mass is 16.7. The van der Waals surface area contributed by atoms with Gasteiger partial charge in [-0.05, 0) is 48.9 Å². The zero-order chi connectivity index (χ0) is 22.4. The van der Waals surface area contributed by atoms with Crippen molar-refractivity contribution < 1.29 is 28.5 Å². The van der Waals surface area contributed by atoms with Gasteiger partial charge in [0, 0.05) is 18.3 Å². The van der Waals surface area contributed by atoms with Gasteiger partial charge in [-0.3, -0.25) is 0 Å². The van der Waals surface area contributed by atoms with Crippen molar-refractivity contribution in [2.75, 3.05) is 14.2 Å². The van der Waals surface area contributed by atoms with E-state index in [-0.39, 0.29) is 11.5 Å². The summed E-state index contributed by atoms with van der Waals surface area (Å²) in [6.07, 6.45) is 9.49. The van der Waals surface area contributed by atoms with Crippen LogP contribution in [0.1, 0.15) is 65.7 Å². The third-order valence-electron chi connectivity index (χ3n) is 9.12. The fourth-order valence-electron chi connectivity index (χ4n) is 7.39. The molecule has 6 nitrogen and oxygen atoms in total. The number of hydrogen-bond acceptors (Lipinski definition) is 6. The molecule has 4 aliphatic carbocycles. The molecule has 172 valence electrons. The molecular formula is C25H36O6. The van der Waals surface area contributed by atoms with E-state index in [0.717, 1.165) is 12.3 Å². The van der Waals surface area contributed by atoms with Crippen LogP contribution in [0.5, 0.6) is 0 Å². The summed E-state index contributed by atoms with van der Waals surface area (Å²) in [4.78, 5) is 23.9. The molecule has 0 aromatic rings. The molecule has 4 aliphatic rings. The molecule has 0 unspecified atom stereocenters. The van der Waals surface area contributed by atoms with Crippen LogP contribution in [0.4, 0.5) is 9.59 Å². The number of fused-ring (bicyclic) bond motifs is 5. The van der Waals surface area contributed by atoms with Crippen molar-refractivity contribution in [3.8, 4) is 0 Å². The lowest BCUT2D eigenvalue weighted by Crippen LogP contribution is -2.54. The largest absolute Gasteiger partial charge is 0.508 e. The van der Waals surface area contributed by atoms with Crippen molar-refractivity contribution in [1.82, 2.24) is 0 Å². The fraction of sp³-hybridized carbons (Fsp3) is 0.760. The van der Waals surface area contributed by atoms with Gasteiger partial charge in [-0.15, -0.1) is 0 Å². The van der Waals surface area contributed by atoms with E-state index in [1.165, 1.54) is 51.0 Å². The maximum atomic E-state index is 12.1. The normalized spacial score (nSPS) is 41.0. The minimum Gasteiger partial charge on any atom is -0.438 e. The zero-order valence-electron chi connectivity index (χ0n) is 19.4. The van der Waals surface area contributed by atoms with E-state index in [9.17, 15) is 9.59 Å². The number of allylic oxidation sites excluding steroid dienone is 3. The third kappa shape index (κ3) is 3.46. The topological polar surface area (TPSA) is 71.1 Å². The number of hydrogen-bond donors (Lipinski definition) is 0. The summed E-state index contributed by atoms with van der Waals surface area (Å²) < 4.78 is 20.8. The second-order valence-corrected chi connectivity index (χ2v) is 10.2. The third-order valence-corrected chi connectivity index (χ3v) is 9.12. The van der Waals surface area contributed by atoms with Crippen LogP contribution in [-0.4, -0.2) is 38.7 Å². The van der Waals surface area contributed by atoms with Crippen molar-refractivity contribution in [2.45, 2.75) is 77.9 Å². The van der Waals surface area contributed by atoms with Crippen LogP contribution >= 0.6 is 0 Å². The lowest BCUT2D eigenvalue weighted by molar-refractivity contribution is -0.0823. The SMILES string of the molecule is CC[C@H]1CC[C@H]2C3=CC=C4C[C@@H](OC(=O)OC)C[C@H](OC(=O)OC)[C@]4(C)[C@H]3CC[C@]12C. The summed E-state index contributed by atoms with van der Waals surface area (Å²) >= 11 is 0. The molecule has 6 heteroatoms. The Morgan fingerprint density at radius 2 is 1.71 bits per heavy atom. The molecule has 0 N–H and O–H groups in total. The minimum absolute atomic E-state index is 0.320. The first kappa shape index (κ1) is 22.2. The van der Waals surface area contributed by atoms with E-state index < -0.39 is 18.4 Å². The van der Waals surface area contributed by atoms with E-state index in [1.807, 2.05) is 0 Å². The lowest BCUT2D eigenvalue weighted by atomic mass is 9.49. The highest BCUT2D eigenvalue weighted by molar-refractivity contribution is 5.61. The summed E-state index contributed by atoms with van der Waals surface area (Å²) in [5.74, 6) is 1.70. The number of rotatable bonds is 3. The van der Waals surface area contributed by atoms with Crippen LogP contribution in [0.3, 0.4) is 0 Å². The predicted octanol–water partition coefficient (Wildman–Crippen LogP) is 5.81. The van der Waals surface area contributed by atoms with E-state index in [1.54, 1.807) is 0 Å². The molecule has 31 heavy (non-hydrogen) atoms. The van der Waals surface area contributed by atoms with Crippen LogP contribution in [0, 0.1) is 28.6 Å². The van der Waals surface area contributed by atoms with Gasteiger partial charge in [-0.25, -0.2) is 9.59 Å². The number of carbonyl (C=O) groups is 2. The standard InChI is InChI=1S/C25H36O6/c1-6-15-8-10-19-18-9-7-16-13-17(30-22(26)28-4)14-21(31-23(27)29-5)25(16,3)20(18)11-12-24(15,19)2/h7,9,15,17,19-21H,6,8,10-14H2,1-5H3/t15-,17+,19-,20-,21-,24+,25-/m0/s1. The molecule has 3 saturated carbocycles. The molecule has 0 bridgehead atoms. The molecule has 0 spiro atoms. The number of carbonyl (C=O) groups excluding carboxylic acids is 2. The summed E-state index contributed by atoms with van der Waals surface area (Å²) in [7, 11) is 2.63. The van der Waals surface area contributed by atoms with Crippen molar-refractivity contribution in [2.24, 2.45) is 28.6 Å². The van der Waals surface area contributed by atoms with Crippen molar-refractivity contribution in [3.05, 3.63) is 23.3 Å². The summed E-state index contributed by atoms with van der Waals surface area (Å²) in [5, 5.41) is 0. The first-order chi connectivity index (χ1) is 14.8. The quantitative estimate of drug-likeness (QED) is 0.524. The Kier molecular flexibility index (Phi) is 5.86. The molecule has 3 fully saturated rings. The van der Waals surface area contributed by atoms with E-state index in [2.05, 4.69) is 32.9 Å². The monoisotopic (exact) mass is 432 g/mol. The highest BCUT2D eigenvalue weighted by Crippen LogP contribution is 2.65. The van der Waals surface area contributed by atoms with E-state index in [4.69, 9.17) is 18.9 Å². The first-order valence-corrected chi connectivity index (χ1v) is 11.7. The van der Waals surface area contributed by atoms with Gasteiger partial charge in [0.2, 0.25) is 0 Å². The van der Waals surface area contributed by atoms with Crippen molar-refractivity contribution in [3.63, 3.8) is 0 Å². The second-order valence-electron chi connectivity index (χ2n) is 10.2. The molecule has 0 aromatic carbocycles. The molecule has 0 aliphatic heterocycles. The maximum Gasteiger partial charge on any atom is 0.508 e. The second kappa shape index (κ2) is 8.18. The number of ether oxygens (including phenoxy) is 4. The Hall–Kier alpha value is -1.98. The van der Waals surface area contributed by atoms with Gasteiger partial charge in [-0.2, -0.15) is 0 Å². The summed E-state index contributed by atoms with van der Waals surface area (Å²) in [6, 6.07) is 0. The zero-order valence-corrected chi connectivity index (χ0v) is 19.4. The average molecular weight is 433 g/mol. The molecular weight excluding hydrogens is 396 g/mol. The molecule has 0 aromatic heterocycles. The van der Waals surface area contributed by atoms with Gasteiger partial charge in [0.05, 0.1) is 14.2 Å². The van der Waals surface area contributed by atoms with Crippen LogP contribution in [-0.2, 0) is 18.9 Å².